The van der Waals surface area contributed by atoms with Crippen LogP contribution in [0.4, 0.5) is 0 Å². The van der Waals surface area contributed by atoms with Gasteiger partial charge in [0.2, 0.25) is 0 Å². The quantitative estimate of drug-likeness (QED) is 0.793. The van der Waals surface area contributed by atoms with E-state index in [1.807, 2.05) is 6.20 Å². The lowest BCUT2D eigenvalue weighted by Crippen LogP contribution is -1.95. The molecule has 0 spiro atoms. The second-order valence-corrected chi connectivity index (χ2v) is 3.61. The molecule has 0 aromatic carbocycles. The van der Waals surface area contributed by atoms with Crippen molar-refractivity contribution in [3.05, 3.63) is 22.4 Å². The standard InChI is InChI=1S/C9H14BrN/c1-3-7(4-2)9-8(10)5-6-11-9/h5-7,11H,3-4H2,1-2H3. The Hall–Kier alpha value is -0.240. The third kappa shape index (κ3) is 1.86. The lowest BCUT2D eigenvalue weighted by atomic mass is 10.0. The van der Waals surface area contributed by atoms with Crippen LogP contribution in [0.25, 0.3) is 0 Å². The zero-order valence-corrected chi connectivity index (χ0v) is 8.61. The molecular weight excluding hydrogens is 202 g/mol. The molecule has 1 N–H and O–H groups in total. The number of nitrogens with one attached hydrogen (secondary N) is 1. The molecule has 1 nitrogen and oxygen atoms in total. The summed E-state index contributed by atoms with van der Waals surface area (Å²) >= 11 is 3.52. The van der Waals surface area contributed by atoms with Crippen molar-refractivity contribution >= 4 is 15.9 Å². The Labute approximate surface area is 76.3 Å². The molecule has 2 heteroatoms. The molecule has 0 radical (unpaired) electrons. The topological polar surface area (TPSA) is 15.8 Å². The maximum absolute atomic E-state index is 3.52. The lowest BCUT2D eigenvalue weighted by molar-refractivity contribution is 0.624. The van der Waals surface area contributed by atoms with Gasteiger partial charge in [-0.1, -0.05) is 13.8 Å². The summed E-state index contributed by atoms with van der Waals surface area (Å²) in [6.45, 7) is 4.45. The van der Waals surface area contributed by atoms with Gasteiger partial charge in [0.15, 0.2) is 0 Å². The molecule has 0 fully saturated rings. The van der Waals surface area contributed by atoms with E-state index in [0.717, 1.165) is 0 Å². The molecule has 0 saturated carbocycles. The second-order valence-electron chi connectivity index (χ2n) is 2.75. The average Bonchev–Trinajstić information content (AvgIpc) is 2.40. The van der Waals surface area contributed by atoms with E-state index in [-0.39, 0.29) is 0 Å². The van der Waals surface area contributed by atoms with Crippen LogP contribution in [0.2, 0.25) is 0 Å². The Morgan fingerprint density at radius 1 is 1.45 bits per heavy atom. The summed E-state index contributed by atoms with van der Waals surface area (Å²) in [4.78, 5) is 3.26. The number of aromatic amines is 1. The maximum Gasteiger partial charge on any atom is 0.0385 e. The number of halogens is 1. The summed E-state index contributed by atoms with van der Waals surface area (Å²) in [6, 6.07) is 2.06. The maximum atomic E-state index is 3.52. The number of hydrogen-bond donors (Lipinski definition) is 1. The molecule has 0 aliphatic carbocycles. The van der Waals surface area contributed by atoms with Crippen molar-refractivity contribution < 1.29 is 0 Å². The van der Waals surface area contributed by atoms with E-state index in [0.29, 0.717) is 5.92 Å². The zero-order valence-electron chi connectivity index (χ0n) is 7.02. The number of aromatic nitrogens is 1. The summed E-state index contributed by atoms with van der Waals surface area (Å²) in [5, 5.41) is 0. The van der Waals surface area contributed by atoms with Gasteiger partial charge in [-0.3, -0.25) is 0 Å². The first-order valence-corrected chi connectivity index (χ1v) is 4.91. The molecule has 1 rings (SSSR count). The van der Waals surface area contributed by atoms with Crippen molar-refractivity contribution in [2.45, 2.75) is 32.6 Å². The highest BCUT2D eigenvalue weighted by Crippen LogP contribution is 2.27. The normalized spacial score (nSPS) is 10.9. The Balaban J connectivity index is 2.81. The third-order valence-electron chi connectivity index (χ3n) is 2.12. The summed E-state index contributed by atoms with van der Waals surface area (Å²) in [6.07, 6.45) is 4.39. The van der Waals surface area contributed by atoms with E-state index >= 15 is 0 Å². The van der Waals surface area contributed by atoms with Gasteiger partial charge in [-0.2, -0.15) is 0 Å². The van der Waals surface area contributed by atoms with Crippen LogP contribution in [0.3, 0.4) is 0 Å². The number of rotatable bonds is 3. The molecule has 0 amide bonds. The molecule has 0 saturated heterocycles. The van der Waals surface area contributed by atoms with Gasteiger partial charge in [0.25, 0.3) is 0 Å². The van der Waals surface area contributed by atoms with Gasteiger partial charge in [-0.05, 0) is 40.8 Å². The van der Waals surface area contributed by atoms with Gasteiger partial charge in [0.05, 0.1) is 0 Å². The SMILES string of the molecule is CCC(CC)c1[nH]ccc1Br. The highest BCUT2D eigenvalue weighted by molar-refractivity contribution is 9.10. The van der Waals surface area contributed by atoms with Gasteiger partial charge >= 0.3 is 0 Å². The van der Waals surface area contributed by atoms with Crippen LogP contribution in [-0.4, -0.2) is 4.98 Å². The van der Waals surface area contributed by atoms with E-state index in [4.69, 9.17) is 0 Å². The molecule has 1 heterocycles. The number of hydrogen-bond acceptors (Lipinski definition) is 0. The minimum absolute atomic E-state index is 0.680. The molecule has 0 bridgehead atoms. The van der Waals surface area contributed by atoms with E-state index in [1.54, 1.807) is 0 Å². The molecule has 1 aromatic heterocycles. The molecule has 11 heavy (non-hydrogen) atoms. The molecule has 0 aliphatic heterocycles. The van der Waals surface area contributed by atoms with Gasteiger partial charge in [-0.25, -0.2) is 0 Å². The van der Waals surface area contributed by atoms with Crippen molar-refractivity contribution in [3.63, 3.8) is 0 Å². The highest BCUT2D eigenvalue weighted by atomic mass is 79.9. The highest BCUT2D eigenvalue weighted by Gasteiger charge is 2.10. The fraction of sp³-hybridized carbons (Fsp3) is 0.556. The van der Waals surface area contributed by atoms with Crippen molar-refractivity contribution in [2.24, 2.45) is 0 Å². The Morgan fingerprint density at radius 2 is 2.09 bits per heavy atom. The van der Waals surface area contributed by atoms with E-state index in [2.05, 4.69) is 40.8 Å². The van der Waals surface area contributed by atoms with Crippen LogP contribution in [-0.2, 0) is 0 Å². The smallest absolute Gasteiger partial charge is 0.0385 e. The van der Waals surface area contributed by atoms with Crippen LogP contribution < -0.4 is 0 Å². The van der Waals surface area contributed by atoms with E-state index < -0.39 is 0 Å². The minimum Gasteiger partial charge on any atom is -0.364 e. The first-order chi connectivity index (χ1) is 5.29. The monoisotopic (exact) mass is 215 g/mol. The summed E-state index contributed by atoms with van der Waals surface area (Å²) in [5.74, 6) is 0.680. The minimum atomic E-state index is 0.680. The summed E-state index contributed by atoms with van der Waals surface area (Å²) in [7, 11) is 0. The van der Waals surface area contributed by atoms with Crippen LogP contribution in [0.15, 0.2) is 16.7 Å². The molecule has 62 valence electrons. The summed E-state index contributed by atoms with van der Waals surface area (Å²) in [5.41, 5.74) is 1.34. The predicted octanol–water partition coefficient (Wildman–Crippen LogP) is 3.68. The lowest BCUT2D eigenvalue weighted by Gasteiger charge is -2.10. The van der Waals surface area contributed by atoms with Gasteiger partial charge in [-0.15, -0.1) is 0 Å². The largest absolute Gasteiger partial charge is 0.364 e. The average molecular weight is 216 g/mol. The second kappa shape index (κ2) is 3.96. The zero-order chi connectivity index (χ0) is 8.27. The van der Waals surface area contributed by atoms with Crippen LogP contribution >= 0.6 is 15.9 Å². The molecule has 0 unspecified atom stereocenters. The van der Waals surface area contributed by atoms with Crippen LogP contribution in [0.1, 0.15) is 38.3 Å². The Kier molecular flexibility index (Phi) is 3.18. The molecule has 1 aromatic rings. The van der Waals surface area contributed by atoms with E-state index in [1.165, 1.54) is 23.0 Å². The van der Waals surface area contributed by atoms with Crippen molar-refractivity contribution in [2.75, 3.05) is 0 Å². The Morgan fingerprint density at radius 3 is 2.45 bits per heavy atom. The molecule has 0 atom stereocenters. The van der Waals surface area contributed by atoms with Crippen LogP contribution in [0, 0.1) is 0 Å². The molecular formula is C9H14BrN. The van der Waals surface area contributed by atoms with Gasteiger partial charge < -0.3 is 4.98 Å². The fourth-order valence-electron chi connectivity index (χ4n) is 1.37. The molecule has 0 aliphatic rings. The van der Waals surface area contributed by atoms with Gasteiger partial charge in [0.1, 0.15) is 0 Å². The number of H-pyrrole nitrogens is 1. The van der Waals surface area contributed by atoms with Crippen LogP contribution in [0.5, 0.6) is 0 Å². The third-order valence-corrected chi connectivity index (χ3v) is 2.81. The van der Waals surface area contributed by atoms with Gasteiger partial charge in [0, 0.05) is 16.4 Å². The first-order valence-electron chi connectivity index (χ1n) is 4.12. The fourth-order valence-corrected chi connectivity index (χ4v) is 1.94. The van der Waals surface area contributed by atoms with Crippen molar-refractivity contribution in [1.29, 1.82) is 0 Å². The van der Waals surface area contributed by atoms with Crippen molar-refractivity contribution in [1.82, 2.24) is 4.98 Å². The van der Waals surface area contributed by atoms with E-state index in [9.17, 15) is 0 Å². The summed E-state index contributed by atoms with van der Waals surface area (Å²) < 4.78 is 1.21. The first kappa shape index (κ1) is 8.85. The predicted molar refractivity (Wildman–Crippen MR) is 51.8 cm³/mol. The van der Waals surface area contributed by atoms with Crippen molar-refractivity contribution in [3.8, 4) is 0 Å². The Bertz CT molecular complexity index is 213.